The zero-order valence-corrected chi connectivity index (χ0v) is 18.8. The van der Waals surface area contributed by atoms with Gasteiger partial charge < -0.3 is 4.90 Å². The van der Waals surface area contributed by atoms with Gasteiger partial charge in [0.05, 0.1) is 11.4 Å². The van der Waals surface area contributed by atoms with Crippen molar-refractivity contribution in [3.63, 3.8) is 0 Å². The Morgan fingerprint density at radius 2 is 1.82 bits per heavy atom. The molecule has 0 saturated carbocycles. The van der Waals surface area contributed by atoms with Crippen LogP contribution in [0.5, 0.6) is 0 Å². The quantitative estimate of drug-likeness (QED) is 0.502. The third-order valence-electron chi connectivity index (χ3n) is 4.48. The molecule has 0 saturated heterocycles. The van der Waals surface area contributed by atoms with E-state index in [1.807, 2.05) is 42.8 Å². The number of hydrogen-bond donors (Lipinski definition) is 0. The Balaban J connectivity index is 1.70. The monoisotopic (exact) mass is 458 g/mol. The van der Waals surface area contributed by atoms with Gasteiger partial charge >= 0.3 is 0 Å². The summed E-state index contributed by atoms with van der Waals surface area (Å²) in [4.78, 5) is 14.3. The molecule has 28 heavy (non-hydrogen) atoms. The van der Waals surface area contributed by atoms with Gasteiger partial charge in [-0.1, -0.05) is 52.0 Å². The molecule has 0 spiro atoms. The van der Waals surface area contributed by atoms with Crippen LogP contribution in [0.25, 0.3) is 5.69 Å². The lowest BCUT2D eigenvalue weighted by Gasteiger charge is -2.17. The van der Waals surface area contributed by atoms with Crippen LogP contribution in [0.2, 0.25) is 0 Å². The number of hydrogen-bond acceptors (Lipinski definition) is 4. The molecular formula is C21H23BrN4OS. The van der Waals surface area contributed by atoms with E-state index in [-0.39, 0.29) is 5.91 Å². The summed E-state index contributed by atoms with van der Waals surface area (Å²) in [6.07, 6.45) is 0. The molecule has 0 fully saturated rings. The van der Waals surface area contributed by atoms with Crippen LogP contribution in [-0.2, 0) is 11.3 Å². The maximum Gasteiger partial charge on any atom is 0.233 e. The molecule has 5 nitrogen and oxygen atoms in total. The number of carbonyl (C=O) groups excluding carboxylic acids is 1. The normalized spacial score (nSPS) is 10.9. The van der Waals surface area contributed by atoms with E-state index in [4.69, 9.17) is 0 Å². The standard InChI is InChI=1S/C21H23BrN4OS/c1-14-5-6-15(2)19(11-14)26-16(3)23-24-21(26)28-13-20(27)25(4)12-17-7-9-18(22)10-8-17/h5-11H,12-13H2,1-4H3. The van der Waals surface area contributed by atoms with Gasteiger partial charge in [-0.3, -0.25) is 9.36 Å². The Morgan fingerprint density at radius 1 is 1.11 bits per heavy atom. The molecule has 2 aromatic carbocycles. The number of thioether (sulfide) groups is 1. The lowest BCUT2D eigenvalue weighted by Crippen LogP contribution is -2.27. The number of nitrogens with zero attached hydrogens (tertiary/aromatic N) is 4. The molecule has 0 unspecified atom stereocenters. The molecule has 1 amide bonds. The van der Waals surface area contributed by atoms with Gasteiger partial charge in [-0.25, -0.2) is 0 Å². The molecule has 146 valence electrons. The fourth-order valence-electron chi connectivity index (χ4n) is 2.86. The smallest absolute Gasteiger partial charge is 0.233 e. The number of carbonyl (C=O) groups is 1. The van der Waals surface area contributed by atoms with Crippen LogP contribution in [0.4, 0.5) is 0 Å². The predicted molar refractivity (Wildman–Crippen MR) is 117 cm³/mol. The highest BCUT2D eigenvalue weighted by Gasteiger charge is 2.16. The fourth-order valence-corrected chi connectivity index (χ4v) is 4.06. The van der Waals surface area contributed by atoms with Gasteiger partial charge in [-0.15, -0.1) is 10.2 Å². The molecule has 0 aliphatic carbocycles. The first-order chi connectivity index (χ1) is 13.3. The van der Waals surface area contributed by atoms with Gasteiger partial charge in [0.25, 0.3) is 0 Å². The minimum Gasteiger partial charge on any atom is -0.341 e. The lowest BCUT2D eigenvalue weighted by molar-refractivity contribution is -0.127. The van der Waals surface area contributed by atoms with Gasteiger partial charge in [-0.05, 0) is 55.7 Å². The van der Waals surface area contributed by atoms with Crippen LogP contribution >= 0.6 is 27.7 Å². The van der Waals surface area contributed by atoms with Crippen molar-refractivity contribution in [2.75, 3.05) is 12.8 Å². The SMILES string of the molecule is Cc1ccc(C)c(-n2c(C)nnc2SCC(=O)N(C)Cc2ccc(Br)cc2)c1. The number of aromatic nitrogens is 3. The third-order valence-corrected chi connectivity index (χ3v) is 5.93. The number of aryl methyl sites for hydroxylation is 3. The molecule has 1 heterocycles. The van der Waals surface area contributed by atoms with E-state index in [2.05, 4.69) is 58.2 Å². The molecule has 3 aromatic rings. The summed E-state index contributed by atoms with van der Waals surface area (Å²) in [6, 6.07) is 14.3. The highest BCUT2D eigenvalue weighted by molar-refractivity contribution is 9.10. The number of amides is 1. The van der Waals surface area contributed by atoms with Crippen LogP contribution in [0.15, 0.2) is 52.1 Å². The van der Waals surface area contributed by atoms with Crippen molar-refractivity contribution in [2.24, 2.45) is 0 Å². The van der Waals surface area contributed by atoms with Crippen molar-refractivity contribution in [3.8, 4) is 5.69 Å². The lowest BCUT2D eigenvalue weighted by atomic mass is 10.1. The molecular weight excluding hydrogens is 436 g/mol. The van der Waals surface area contributed by atoms with Gasteiger partial charge in [0, 0.05) is 18.1 Å². The molecule has 0 bridgehead atoms. The Hall–Kier alpha value is -2.12. The highest BCUT2D eigenvalue weighted by atomic mass is 79.9. The van der Waals surface area contributed by atoms with Gasteiger partial charge in [0.2, 0.25) is 5.91 Å². The summed E-state index contributed by atoms with van der Waals surface area (Å²) in [5.41, 5.74) is 4.48. The first-order valence-corrected chi connectivity index (χ1v) is 10.7. The van der Waals surface area contributed by atoms with Crippen LogP contribution in [0.1, 0.15) is 22.5 Å². The minimum absolute atomic E-state index is 0.0566. The summed E-state index contributed by atoms with van der Waals surface area (Å²) in [5, 5.41) is 9.25. The molecule has 0 radical (unpaired) electrons. The topological polar surface area (TPSA) is 51.0 Å². The van der Waals surface area contributed by atoms with Gasteiger partial charge in [0.15, 0.2) is 5.16 Å². The van der Waals surface area contributed by atoms with E-state index in [9.17, 15) is 4.79 Å². The second kappa shape index (κ2) is 8.92. The summed E-state index contributed by atoms with van der Waals surface area (Å²) in [7, 11) is 1.83. The number of benzene rings is 2. The number of rotatable bonds is 6. The summed E-state index contributed by atoms with van der Waals surface area (Å²) < 4.78 is 3.05. The van der Waals surface area contributed by atoms with Crippen LogP contribution in [-0.4, -0.2) is 38.4 Å². The van der Waals surface area contributed by atoms with Crippen molar-refractivity contribution < 1.29 is 4.79 Å². The summed E-state index contributed by atoms with van der Waals surface area (Å²) >= 11 is 4.85. The van der Waals surface area contributed by atoms with Crippen molar-refractivity contribution >= 4 is 33.6 Å². The first kappa shape index (κ1) is 20.6. The van der Waals surface area contributed by atoms with Gasteiger partial charge in [-0.2, -0.15) is 0 Å². The molecule has 0 aliphatic rings. The van der Waals surface area contributed by atoms with E-state index in [0.29, 0.717) is 12.3 Å². The van der Waals surface area contributed by atoms with E-state index in [1.54, 1.807) is 4.90 Å². The predicted octanol–water partition coefficient (Wildman–Crippen LogP) is 4.71. The van der Waals surface area contributed by atoms with E-state index >= 15 is 0 Å². The molecule has 0 aliphatic heterocycles. The first-order valence-electron chi connectivity index (χ1n) is 8.96. The second-order valence-electron chi connectivity index (χ2n) is 6.82. The van der Waals surface area contributed by atoms with Crippen molar-refractivity contribution in [3.05, 3.63) is 69.5 Å². The van der Waals surface area contributed by atoms with Crippen LogP contribution < -0.4 is 0 Å². The van der Waals surface area contributed by atoms with Crippen LogP contribution in [0, 0.1) is 20.8 Å². The zero-order valence-electron chi connectivity index (χ0n) is 16.4. The van der Waals surface area contributed by atoms with E-state index in [0.717, 1.165) is 32.3 Å². The summed E-state index contributed by atoms with van der Waals surface area (Å²) in [5.74, 6) is 1.18. The highest BCUT2D eigenvalue weighted by Crippen LogP contribution is 2.25. The largest absolute Gasteiger partial charge is 0.341 e. The second-order valence-corrected chi connectivity index (χ2v) is 8.68. The van der Waals surface area contributed by atoms with E-state index in [1.165, 1.54) is 17.3 Å². The van der Waals surface area contributed by atoms with Crippen molar-refractivity contribution in [2.45, 2.75) is 32.5 Å². The Bertz CT molecular complexity index is 985. The molecule has 7 heteroatoms. The summed E-state index contributed by atoms with van der Waals surface area (Å²) in [6.45, 7) is 6.64. The third kappa shape index (κ3) is 4.83. The Morgan fingerprint density at radius 3 is 2.54 bits per heavy atom. The average Bonchev–Trinajstić information content (AvgIpc) is 3.04. The fraction of sp³-hybridized carbons (Fsp3) is 0.286. The zero-order chi connectivity index (χ0) is 20.3. The number of halogens is 1. The molecule has 0 N–H and O–H groups in total. The van der Waals surface area contributed by atoms with Crippen molar-refractivity contribution in [1.29, 1.82) is 0 Å². The van der Waals surface area contributed by atoms with Crippen molar-refractivity contribution in [1.82, 2.24) is 19.7 Å². The Kier molecular flexibility index (Phi) is 6.57. The molecule has 3 rings (SSSR count). The molecule has 1 aromatic heterocycles. The maximum atomic E-state index is 12.6. The minimum atomic E-state index is 0.0566. The average molecular weight is 459 g/mol. The maximum absolute atomic E-state index is 12.6. The van der Waals surface area contributed by atoms with Crippen LogP contribution in [0.3, 0.4) is 0 Å². The van der Waals surface area contributed by atoms with E-state index < -0.39 is 0 Å². The molecule has 0 atom stereocenters. The van der Waals surface area contributed by atoms with Gasteiger partial charge in [0.1, 0.15) is 5.82 Å². The Labute approximate surface area is 178 Å².